The summed E-state index contributed by atoms with van der Waals surface area (Å²) in [4.78, 5) is 4.72. The predicted octanol–water partition coefficient (Wildman–Crippen LogP) is 4.06. The fraction of sp³-hybridized carbons (Fsp3) is 0.368. The largest absolute Gasteiger partial charge is 0.416 e. The van der Waals surface area contributed by atoms with Crippen LogP contribution in [0.15, 0.2) is 36.5 Å². The van der Waals surface area contributed by atoms with Crippen molar-refractivity contribution in [3.63, 3.8) is 0 Å². The Balaban J connectivity index is 1.63. The van der Waals surface area contributed by atoms with Crippen LogP contribution in [-0.2, 0) is 6.18 Å². The Bertz CT molecular complexity index is 972. The molecule has 2 heterocycles. The molecule has 1 aromatic carbocycles. The Labute approximate surface area is 159 Å². The van der Waals surface area contributed by atoms with Crippen molar-refractivity contribution in [1.82, 2.24) is 14.6 Å². The number of aromatic nitrogens is 3. The molecule has 28 heavy (non-hydrogen) atoms. The molecular weight excluding hydrogens is 369 g/mol. The molecule has 0 spiro atoms. The van der Waals surface area contributed by atoms with Gasteiger partial charge in [0, 0.05) is 23.7 Å². The lowest BCUT2D eigenvalue weighted by molar-refractivity contribution is -0.137. The van der Waals surface area contributed by atoms with Gasteiger partial charge in [0.1, 0.15) is 5.82 Å². The van der Waals surface area contributed by atoms with Crippen molar-refractivity contribution >= 4 is 22.8 Å². The monoisotopic (exact) mass is 390 g/mol. The number of rotatable bonds is 3. The zero-order chi connectivity index (χ0) is 19.9. The molecule has 9 heteroatoms. The first-order chi connectivity index (χ1) is 13.3. The third kappa shape index (κ3) is 3.75. The Morgan fingerprint density at radius 1 is 1.07 bits per heavy atom. The molecule has 0 radical (unpaired) electrons. The van der Waals surface area contributed by atoms with Gasteiger partial charge in [-0.1, -0.05) is 0 Å². The predicted molar refractivity (Wildman–Crippen MR) is 101 cm³/mol. The van der Waals surface area contributed by atoms with Gasteiger partial charge in [0.15, 0.2) is 5.65 Å². The number of fused-ring (bicyclic) bond motifs is 1. The van der Waals surface area contributed by atoms with E-state index in [9.17, 15) is 13.2 Å². The lowest BCUT2D eigenvalue weighted by Crippen LogP contribution is -2.25. The number of halogens is 3. The number of nitrogen functional groups attached to an aromatic ring is 1. The SMILES string of the molecule is Nc1cc(Nc2ccc(C(F)(F)F)cc2)c2nc([C@H]3CC[C@H](N)CC3)cn2n1. The highest BCUT2D eigenvalue weighted by Gasteiger charge is 2.30. The van der Waals surface area contributed by atoms with Crippen LogP contribution in [0.5, 0.6) is 0 Å². The summed E-state index contributed by atoms with van der Waals surface area (Å²) in [7, 11) is 0. The van der Waals surface area contributed by atoms with Gasteiger partial charge in [0.2, 0.25) is 0 Å². The van der Waals surface area contributed by atoms with E-state index in [4.69, 9.17) is 16.5 Å². The van der Waals surface area contributed by atoms with Gasteiger partial charge in [-0.2, -0.15) is 13.2 Å². The molecule has 5 N–H and O–H groups in total. The summed E-state index contributed by atoms with van der Waals surface area (Å²) in [5.74, 6) is 0.609. The minimum atomic E-state index is -4.37. The number of nitrogens with zero attached hydrogens (tertiary/aromatic N) is 3. The molecular formula is C19H21F3N6. The standard InChI is InChI=1S/C19H21F3N6/c20-19(21,22)12-3-7-14(8-4-12)25-15-9-17(24)27-28-10-16(26-18(15)28)11-1-5-13(23)6-2-11/h3-4,7-11,13,25H,1-2,5-6,23H2,(H2,24,27)/t11-,13-. The summed E-state index contributed by atoms with van der Waals surface area (Å²) in [5, 5.41) is 7.37. The minimum absolute atomic E-state index is 0.249. The molecule has 1 fully saturated rings. The second-order valence-electron chi connectivity index (χ2n) is 7.23. The number of benzene rings is 1. The van der Waals surface area contributed by atoms with Crippen molar-refractivity contribution in [2.24, 2.45) is 5.73 Å². The first-order valence-electron chi connectivity index (χ1n) is 9.15. The van der Waals surface area contributed by atoms with Gasteiger partial charge >= 0.3 is 6.18 Å². The second kappa shape index (κ2) is 6.97. The van der Waals surface area contributed by atoms with Gasteiger partial charge in [-0.25, -0.2) is 9.50 Å². The van der Waals surface area contributed by atoms with Crippen LogP contribution >= 0.6 is 0 Å². The van der Waals surface area contributed by atoms with Crippen molar-refractivity contribution in [3.05, 3.63) is 47.8 Å². The van der Waals surface area contributed by atoms with E-state index in [0.717, 1.165) is 43.5 Å². The number of anilines is 3. The van der Waals surface area contributed by atoms with E-state index < -0.39 is 11.7 Å². The highest BCUT2D eigenvalue weighted by Crippen LogP contribution is 2.34. The van der Waals surface area contributed by atoms with Gasteiger partial charge in [-0.3, -0.25) is 0 Å². The first kappa shape index (κ1) is 18.5. The van der Waals surface area contributed by atoms with E-state index in [1.54, 1.807) is 10.6 Å². The Kier molecular flexibility index (Phi) is 4.62. The quantitative estimate of drug-likeness (QED) is 0.627. The average Bonchev–Trinajstić information content (AvgIpc) is 3.06. The maximum absolute atomic E-state index is 12.7. The Hall–Kier alpha value is -2.81. The van der Waals surface area contributed by atoms with Gasteiger partial charge < -0.3 is 16.8 Å². The summed E-state index contributed by atoms with van der Waals surface area (Å²) in [6.45, 7) is 0. The molecule has 4 rings (SSSR count). The zero-order valence-corrected chi connectivity index (χ0v) is 15.1. The molecule has 0 aliphatic heterocycles. The highest BCUT2D eigenvalue weighted by molar-refractivity contribution is 5.75. The smallest absolute Gasteiger partial charge is 0.382 e. The number of nitrogens with one attached hydrogen (secondary N) is 1. The Morgan fingerprint density at radius 2 is 1.75 bits per heavy atom. The average molecular weight is 390 g/mol. The maximum atomic E-state index is 12.7. The van der Waals surface area contributed by atoms with Crippen molar-refractivity contribution in [3.8, 4) is 0 Å². The van der Waals surface area contributed by atoms with E-state index in [0.29, 0.717) is 22.9 Å². The number of hydrogen-bond donors (Lipinski definition) is 3. The molecule has 6 nitrogen and oxygen atoms in total. The van der Waals surface area contributed by atoms with Crippen molar-refractivity contribution in [2.45, 2.75) is 43.8 Å². The molecule has 1 aliphatic carbocycles. The topological polar surface area (TPSA) is 94.3 Å². The molecule has 148 valence electrons. The van der Waals surface area contributed by atoms with Crippen LogP contribution in [0.2, 0.25) is 0 Å². The third-order valence-electron chi connectivity index (χ3n) is 5.14. The highest BCUT2D eigenvalue weighted by atomic mass is 19.4. The zero-order valence-electron chi connectivity index (χ0n) is 15.1. The van der Waals surface area contributed by atoms with Crippen molar-refractivity contribution in [2.75, 3.05) is 11.1 Å². The van der Waals surface area contributed by atoms with E-state index in [2.05, 4.69) is 10.4 Å². The summed E-state index contributed by atoms with van der Waals surface area (Å²) in [6.07, 6.45) is 1.37. The molecule has 0 atom stereocenters. The van der Waals surface area contributed by atoms with Crippen molar-refractivity contribution < 1.29 is 13.2 Å². The molecule has 3 aromatic rings. The lowest BCUT2D eigenvalue weighted by Gasteiger charge is -2.24. The fourth-order valence-corrected chi connectivity index (χ4v) is 3.62. The third-order valence-corrected chi connectivity index (χ3v) is 5.14. The number of nitrogens with two attached hydrogens (primary N) is 2. The van der Waals surface area contributed by atoms with Gasteiger partial charge in [0.05, 0.1) is 23.1 Å². The molecule has 2 aromatic heterocycles. The van der Waals surface area contributed by atoms with Crippen LogP contribution in [0, 0.1) is 0 Å². The Morgan fingerprint density at radius 3 is 2.39 bits per heavy atom. The normalized spacial score (nSPS) is 20.4. The fourth-order valence-electron chi connectivity index (χ4n) is 3.62. The summed E-state index contributed by atoms with van der Waals surface area (Å²) in [5.41, 5.74) is 13.8. The summed E-state index contributed by atoms with van der Waals surface area (Å²) >= 11 is 0. The van der Waals surface area contributed by atoms with Gasteiger partial charge in [-0.05, 0) is 49.9 Å². The molecule has 1 aliphatic rings. The van der Waals surface area contributed by atoms with Crippen LogP contribution in [0.1, 0.15) is 42.9 Å². The van der Waals surface area contributed by atoms with Crippen LogP contribution in [0.25, 0.3) is 5.65 Å². The van der Waals surface area contributed by atoms with E-state index >= 15 is 0 Å². The van der Waals surface area contributed by atoms with Crippen molar-refractivity contribution in [1.29, 1.82) is 0 Å². The summed E-state index contributed by atoms with van der Waals surface area (Å²) < 4.78 is 39.9. The molecule has 0 saturated heterocycles. The van der Waals surface area contributed by atoms with Crippen LogP contribution in [0.3, 0.4) is 0 Å². The van der Waals surface area contributed by atoms with Gasteiger partial charge in [-0.15, -0.1) is 5.10 Å². The van der Waals surface area contributed by atoms with E-state index in [1.165, 1.54) is 12.1 Å². The van der Waals surface area contributed by atoms with Gasteiger partial charge in [0.25, 0.3) is 0 Å². The molecule has 1 saturated carbocycles. The van der Waals surface area contributed by atoms with E-state index in [-0.39, 0.29) is 11.9 Å². The molecule has 0 amide bonds. The summed E-state index contributed by atoms with van der Waals surface area (Å²) in [6, 6.07) is 6.70. The van der Waals surface area contributed by atoms with Crippen LogP contribution in [0.4, 0.5) is 30.4 Å². The number of imidazole rings is 1. The van der Waals surface area contributed by atoms with Crippen LogP contribution in [-0.4, -0.2) is 20.6 Å². The maximum Gasteiger partial charge on any atom is 0.416 e. The number of alkyl halides is 3. The minimum Gasteiger partial charge on any atom is -0.382 e. The number of hydrogen-bond acceptors (Lipinski definition) is 5. The van der Waals surface area contributed by atoms with Crippen LogP contribution < -0.4 is 16.8 Å². The first-order valence-corrected chi connectivity index (χ1v) is 9.15. The lowest BCUT2D eigenvalue weighted by atomic mass is 9.85. The molecule has 0 bridgehead atoms. The van der Waals surface area contributed by atoms with E-state index in [1.807, 2.05) is 6.20 Å². The molecule has 0 unspecified atom stereocenters. The second-order valence-corrected chi connectivity index (χ2v) is 7.23.